The fraction of sp³-hybridized carbons (Fsp3) is 0.263. The summed E-state index contributed by atoms with van der Waals surface area (Å²) in [5, 5.41) is 9.24. The molecule has 1 aromatic carbocycles. The van der Waals surface area contributed by atoms with E-state index in [9.17, 15) is 9.65 Å². The van der Waals surface area contributed by atoms with Gasteiger partial charge < -0.3 is 4.90 Å². The lowest BCUT2D eigenvalue weighted by Gasteiger charge is -2.31. The van der Waals surface area contributed by atoms with Gasteiger partial charge >= 0.3 is 0 Å². The van der Waals surface area contributed by atoms with Crippen LogP contribution in [0.4, 0.5) is 10.1 Å². The van der Waals surface area contributed by atoms with Gasteiger partial charge in [-0.3, -0.25) is 4.98 Å². The number of nitrogens with zero attached hydrogens (tertiary/aromatic N) is 3. The van der Waals surface area contributed by atoms with Crippen molar-refractivity contribution in [2.24, 2.45) is 0 Å². The molecule has 3 nitrogen and oxygen atoms in total. The molecule has 0 aliphatic carbocycles. The van der Waals surface area contributed by atoms with Gasteiger partial charge in [-0.2, -0.15) is 5.26 Å². The Hall–Kier alpha value is -2.19. The molecule has 122 valence electrons. The van der Waals surface area contributed by atoms with Crippen molar-refractivity contribution in [2.75, 3.05) is 18.0 Å². The fourth-order valence-electron chi connectivity index (χ4n) is 2.95. The number of rotatable bonds is 2. The molecule has 1 fully saturated rings. The second kappa shape index (κ2) is 7.14. The Morgan fingerprint density at radius 1 is 1.29 bits per heavy atom. The first kappa shape index (κ1) is 16.7. The molecule has 0 bridgehead atoms. The Morgan fingerprint density at radius 3 is 2.71 bits per heavy atom. The molecule has 1 saturated heterocycles. The van der Waals surface area contributed by atoms with Gasteiger partial charge in [0.25, 0.3) is 0 Å². The molecule has 2 heterocycles. The minimum atomic E-state index is -0.479. The first-order chi connectivity index (χ1) is 11.6. The van der Waals surface area contributed by atoms with Gasteiger partial charge in [0.05, 0.1) is 11.4 Å². The Kier molecular flexibility index (Phi) is 4.96. The highest BCUT2D eigenvalue weighted by Gasteiger charge is 2.20. The Bertz CT molecular complexity index is 829. The van der Waals surface area contributed by atoms with Crippen LogP contribution in [-0.4, -0.2) is 18.1 Å². The minimum absolute atomic E-state index is 0.117. The minimum Gasteiger partial charge on any atom is -0.370 e. The molecule has 1 aliphatic rings. The summed E-state index contributed by atoms with van der Waals surface area (Å²) in [5.41, 5.74) is 4.09. The summed E-state index contributed by atoms with van der Waals surface area (Å²) in [5.74, 6) is -0.479. The summed E-state index contributed by atoms with van der Waals surface area (Å²) < 4.78 is 14.6. The van der Waals surface area contributed by atoms with Crippen molar-refractivity contribution in [3.63, 3.8) is 0 Å². The van der Waals surface area contributed by atoms with Crippen LogP contribution in [0.15, 0.2) is 40.4 Å². The largest absolute Gasteiger partial charge is 0.370 e. The van der Waals surface area contributed by atoms with E-state index in [2.05, 4.69) is 31.9 Å². The third kappa shape index (κ3) is 3.65. The van der Waals surface area contributed by atoms with E-state index in [1.807, 2.05) is 37.3 Å². The second-order valence-corrected chi connectivity index (χ2v) is 6.80. The van der Waals surface area contributed by atoms with Crippen molar-refractivity contribution in [1.29, 1.82) is 5.26 Å². The predicted octanol–water partition coefficient (Wildman–Crippen LogP) is 4.85. The number of benzene rings is 1. The van der Waals surface area contributed by atoms with E-state index in [0.29, 0.717) is 10.2 Å². The second-order valence-electron chi connectivity index (χ2n) is 5.89. The zero-order valence-electron chi connectivity index (χ0n) is 13.4. The van der Waals surface area contributed by atoms with Crippen LogP contribution in [0.25, 0.3) is 6.08 Å². The molecule has 0 atom stereocenters. The molecule has 0 saturated carbocycles. The van der Waals surface area contributed by atoms with Crippen molar-refractivity contribution >= 4 is 27.7 Å². The molecular formula is C19H17BrFN3. The fourth-order valence-corrected chi connectivity index (χ4v) is 3.37. The molecule has 1 aromatic heterocycles. The van der Waals surface area contributed by atoms with Gasteiger partial charge in [0.2, 0.25) is 0 Å². The maximum Gasteiger partial charge on any atom is 0.144 e. The number of anilines is 1. The lowest BCUT2D eigenvalue weighted by Crippen LogP contribution is -2.31. The third-order valence-corrected chi connectivity index (χ3v) is 4.61. The van der Waals surface area contributed by atoms with Gasteiger partial charge in [-0.25, -0.2) is 4.39 Å². The quantitative estimate of drug-likeness (QED) is 0.741. The summed E-state index contributed by atoms with van der Waals surface area (Å²) >= 11 is 3.31. The first-order valence-electron chi connectivity index (χ1n) is 7.84. The highest BCUT2D eigenvalue weighted by atomic mass is 79.9. The molecule has 0 amide bonds. The van der Waals surface area contributed by atoms with E-state index in [-0.39, 0.29) is 5.56 Å². The maximum atomic E-state index is 14.0. The maximum absolute atomic E-state index is 14.0. The number of pyridine rings is 1. The third-order valence-electron chi connectivity index (χ3n) is 4.15. The van der Waals surface area contributed by atoms with E-state index in [1.165, 1.54) is 11.6 Å². The Morgan fingerprint density at radius 2 is 2.04 bits per heavy atom. The van der Waals surface area contributed by atoms with E-state index < -0.39 is 5.82 Å². The summed E-state index contributed by atoms with van der Waals surface area (Å²) in [6.45, 7) is 3.51. The van der Waals surface area contributed by atoms with Crippen LogP contribution < -0.4 is 4.90 Å². The molecular weight excluding hydrogens is 369 g/mol. The lowest BCUT2D eigenvalue weighted by atomic mass is 10.0. The topological polar surface area (TPSA) is 39.9 Å². The predicted molar refractivity (Wildman–Crippen MR) is 97.2 cm³/mol. The van der Waals surface area contributed by atoms with Crippen LogP contribution in [0.2, 0.25) is 0 Å². The number of halogens is 2. The van der Waals surface area contributed by atoms with Crippen LogP contribution in [0.5, 0.6) is 0 Å². The van der Waals surface area contributed by atoms with Crippen LogP contribution in [0.3, 0.4) is 0 Å². The number of nitriles is 1. The summed E-state index contributed by atoms with van der Waals surface area (Å²) in [7, 11) is 0. The standard InChI is InChI=1S/C19H17BrFN3/c1-13-3-2-4-16(23-13)9-14-5-7-24(8-6-14)19-11-15(20)10-18(21)17(19)12-22/h2-4,9-11H,5-8H2,1H3. The summed E-state index contributed by atoms with van der Waals surface area (Å²) in [6, 6.07) is 11.1. The van der Waals surface area contributed by atoms with Gasteiger partial charge in [0.15, 0.2) is 0 Å². The molecule has 1 aliphatic heterocycles. The molecule has 0 unspecified atom stereocenters. The normalized spacial score (nSPS) is 14.4. The van der Waals surface area contributed by atoms with Crippen molar-refractivity contribution in [1.82, 2.24) is 4.98 Å². The molecule has 0 N–H and O–H groups in total. The van der Waals surface area contributed by atoms with Crippen LogP contribution in [0.1, 0.15) is 29.8 Å². The highest BCUT2D eigenvalue weighted by Crippen LogP contribution is 2.31. The summed E-state index contributed by atoms with van der Waals surface area (Å²) in [6.07, 6.45) is 3.90. The Balaban J connectivity index is 1.78. The highest BCUT2D eigenvalue weighted by molar-refractivity contribution is 9.10. The zero-order chi connectivity index (χ0) is 17.1. The monoisotopic (exact) mass is 385 g/mol. The van der Waals surface area contributed by atoms with E-state index in [4.69, 9.17) is 0 Å². The van der Waals surface area contributed by atoms with Crippen molar-refractivity contribution in [3.05, 3.63) is 63.1 Å². The van der Waals surface area contributed by atoms with Crippen LogP contribution >= 0.6 is 15.9 Å². The molecule has 5 heteroatoms. The number of aryl methyl sites for hydroxylation is 1. The van der Waals surface area contributed by atoms with Gasteiger partial charge in [0, 0.05) is 23.3 Å². The number of hydrogen-bond acceptors (Lipinski definition) is 3. The molecule has 0 spiro atoms. The zero-order valence-corrected chi connectivity index (χ0v) is 15.0. The van der Waals surface area contributed by atoms with Gasteiger partial charge in [-0.05, 0) is 50.1 Å². The number of piperidine rings is 1. The smallest absolute Gasteiger partial charge is 0.144 e. The van der Waals surface area contributed by atoms with Gasteiger partial charge in [0.1, 0.15) is 17.4 Å². The van der Waals surface area contributed by atoms with Gasteiger partial charge in [-0.1, -0.05) is 27.6 Å². The number of aromatic nitrogens is 1. The van der Waals surface area contributed by atoms with Crippen LogP contribution in [-0.2, 0) is 0 Å². The lowest BCUT2D eigenvalue weighted by molar-refractivity contribution is 0.618. The SMILES string of the molecule is Cc1cccc(C=C2CCN(c3cc(Br)cc(F)c3C#N)CC2)n1. The average molecular weight is 386 g/mol. The molecule has 3 rings (SSSR count). The Labute approximate surface area is 149 Å². The molecule has 0 radical (unpaired) electrons. The van der Waals surface area contributed by atoms with Crippen LogP contribution in [0, 0.1) is 24.1 Å². The average Bonchev–Trinajstić information content (AvgIpc) is 2.55. The van der Waals surface area contributed by atoms with E-state index >= 15 is 0 Å². The van der Waals surface area contributed by atoms with E-state index in [1.54, 1.807) is 0 Å². The van der Waals surface area contributed by atoms with E-state index in [0.717, 1.165) is 37.3 Å². The van der Waals surface area contributed by atoms with Crippen molar-refractivity contribution in [3.8, 4) is 6.07 Å². The molecule has 2 aromatic rings. The van der Waals surface area contributed by atoms with Crippen molar-refractivity contribution in [2.45, 2.75) is 19.8 Å². The number of hydrogen-bond donors (Lipinski definition) is 0. The van der Waals surface area contributed by atoms with Gasteiger partial charge in [-0.15, -0.1) is 0 Å². The summed E-state index contributed by atoms with van der Waals surface area (Å²) in [4.78, 5) is 6.58. The first-order valence-corrected chi connectivity index (χ1v) is 8.63. The van der Waals surface area contributed by atoms with Crippen molar-refractivity contribution < 1.29 is 4.39 Å². The molecule has 24 heavy (non-hydrogen) atoms.